The van der Waals surface area contributed by atoms with Crippen molar-refractivity contribution in [3.63, 3.8) is 0 Å². The Hall–Kier alpha value is -1.90. The number of rotatable bonds is 8. The summed E-state index contributed by atoms with van der Waals surface area (Å²) >= 11 is 0. The lowest BCUT2D eigenvalue weighted by Crippen LogP contribution is -2.20. The highest BCUT2D eigenvalue weighted by atomic mass is 16.5. The Morgan fingerprint density at radius 1 is 0.963 bits per heavy atom. The fraction of sp³-hybridized carbons (Fsp3) is 0.583. The van der Waals surface area contributed by atoms with Gasteiger partial charge in [-0.1, -0.05) is 45.6 Å². The van der Waals surface area contributed by atoms with Crippen LogP contribution in [0.25, 0.3) is 11.1 Å². The summed E-state index contributed by atoms with van der Waals surface area (Å²) in [6.07, 6.45) is 14.0. The number of ether oxygens (including phenoxy) is 1. The molecule has 1 aliphatic carbocycles. The minimum Gasteiger partial charge on any atom is -0.493 e. The Kier molecular flexibility index (Phi) is 7.25. The van der Waals surface area contributed by atoms with Crippen LogP contribution in [0, 0.1) is 18.8 Å². The predicted molar refractivity (Wildman–Crippen MR) is 112 cm³/mol. The lowest BCUT2D eigenvalue weighted by atomic mass is 9.80. The second kappa shape index (κ2) is 9.87. The molecule has 0 saturated heterocycles. The molecular formula is C24H34N2O. The normalized spacial score (nSPS) is 19.8. The second-order valence-electron chi connectivity index (χ2n) is 8.10. The molecule has 3 nitrogen and oxygen atoms in total. The van der Waals surface area contributed by atoms with Crippen LogP contribution in [-0.4, -0.2) is 16.6 Å². The first-order chi connectivity index (χ1) is 13.2. The molecule has 0 N–H and O–H groups in total. The minimum absolute atomic E-state index is 0.720. The largest absolute Gasteiger partial charge is 0.493 e. The van der Waals surface area contributed by atoms with Gasteiger partial charge in [-0.15, -0.1) is 0 Å². The molecule has 1 aromatic carbocycles. The van der Waals surface area contributed by atoms with Gasteiger partial charge in [-0.05, 0) is 61.3 Å². The van der Waals surface area contributed by atoms with E-state index in [1.807, 2.05) is 12.4 Å². The van der Waals surface area contributed by atoms with Crippen molar-refractivity contribution in [3.8, 4) is 16.9 Å². The van der Waals surface area contributed by atoms with Gasteiger partial charge >= 0.3 is 0 Å². The van der Waals surface area contributed by atoms with Gasteiger partial charge in [0.05, 0.1) is 6.61 Å². The minimum atomic E-state index is 0.720. The second-order valence-corrected chi connectivity index (χ2v) is 8.10. The number of nitrogens with zero attached hydrogens (tertiary/aromatic N) is 2. The summed E-state index contributed by atoms with van der Waals surface area (Å²) in [6.45, 7) is 7.44. The van der Waals surface area contributed by atoms with Crippen LogP contribution in [0.4, 0.5) is 0 Å². The van der Waals surface area contributed by atoms with E-state index in [2.05, 4.69) is 48.9 Å². The van der Waals surface area contributed by atoms with Gasteiger partial charge in [0.15, 0.2) is 0 Å². The number of aryl methyl sites for hydroxylation is 2. The standard InChI is InChI=1S/C24H34N2O/c1-4-6-19-8-10-20(11-9-19)17-27-22-12-13-23(18(3)14-22)21-15-25-24(7-5-2)26-16-21/h12-16,19-20H,4-11,17H2,1-3H3/t19-,20-. The highest BCUT2D eigenvalue weighted by Crippen LogP contribution is 2.32. The van der Waals surface area contributed by atoms with E-state index in [0.717, 1.165) is 48.4 Å². The third-order valence-electron chi connectivity index (χ3n) is 5.84. The average molecular weight is 367 g/mol. The zero-order chi connectivity index (χ0) is 19.1. The molecule has 3 rings (SSSR count). The van der Waals surface area contributed by atoms with Crippen molar-refractivity contribution in [2.75, 3.05) is 6.61 Å². The van der Waals surface area contributed by atoms with Crippen molar-refractivity contribution in [1.29, 1.82) is 0 Å². The number of hydrogen-bond donors (Lipinski definition) is 0. The van der Waals surface area contributed by atoms with E-state index < -0.39 is 0 Å². The van der Waals surface area contributed by atoms with Crippen LogP contribution < -0.4 is 4.74 Å². The predicted octanol–water partition coefficient (Wildman–Crippen LogP) is 6.39. The molecule has 27 heavy (non-hydrogen) atoms. The summed E-state index contributed by atoms with van der Waals surface area (Å²) in [5.41, 5.74) is 3.48. The monoisotopic (exact) mass is 366 g/mol. The Labute approximate surface area is 164 Å². The molecule has 1 fully saturated rings. The quantitative estimate of drug-likeness (QED) is 0.543. The van der Waals surface area contributed by atoms with Crippen molar-refractivity contribution in [1.82, 2.24) is 9.97 Å². The first-order valence-corrected chi connectivity index (χ1v) is 10.7. The van der Waals surface area contributed by atoms with Crippen LogP contribution in [0.3, 0.4) is 0 Å². The lowest BCUT2D eigenvalue weighted by Gasteiger charge is -2.28. The van der Waals surface area contributed by atoms with E-state index >= 15 is 0 Å². The Balaban J connectivity index is 1.55. The van der Waals surface area contributed by atoms with Gasteiger partial charge in [-0.25, -0.2) is 9.97 Å². The highest BCUT2D eigenvalue weighted by Gasteiger charge is 2.21. The van der Waals surface area contributed by atoms with Gasteiger partial charge in [-0.3, -0.25) is 0 Å². The smallest absolute Gasteiger partial charge is 0.128 e. The maximum atomic E-state index is 6.13. The number of aromatic nitrogens is 2. The number of benzene rings is 1. The zero-order valence-electron chi connectivity index (χ0n) is 17.2. The Morgan fingerprint density at radius 2 is 1.67 bits per heavy atom. The molecule has 3 heteroatoms. The molecule has 146 valence electrons. The van der Waals surface area contributed by atoms with Crippen LogP contribution in [0.1, 0.15) is 70.2 Å². The lowest BCUT2D eigenvalue weighted by molar-refractivity contribution is 0.178. The molecule has 2 aromatic rings. The van der Waals surface area contributed by atoms with Gasteiger partial charge in [0.2, 0.25) is 0 Å². The molecule has 1 aliphatic rings. The van der Waals surface area contributed by atoms with Gasteiger partial charge < -0.3 is 4.74 Å². The maximum absolute atomic E-state index is 6.13. The van der Waals surface area contributed by atoms with Gasteiger partial charge in [0.1, 0.15) is 11.6 Å². The Morgan fingerprint density at radius 3 is 2.30 bits per heavy atom. The Bertz CT molecular complexity index is 703. The van der Waals surface area contributed by atoms with Crippen molar-refractivity contribution in [2.45, 2.75) is 72.1 Å². The van der Waals surface area contributed by atoms with Crippen LogP contribution >= 0.6 is 0 Å². The van der Waals surface area contributed by atoms with Crippen molar-refractivity contribution in [3.05, 3.63) is 42.0 Å². The number of hydrogen-bond acceptors (Lipinski definition) is 3. The molecule has 0 atom stereocenters. The molecular weight excluding hydrogens is 332 g/mol. The first kappa shape index (κ1) is 19.9. The van der Waals surface area contributed by atoms with Crippen LogP contribution in [0.2, 0.25) is 0 Å². The molecule has 0 radical (unpaired) electrons. The summed E-state index contributed by atoms with van der Waals surface area (Å²) < 4.78 is 6.13. The van der Waals surface area contributed by atoms with E-state index in [9.17, 15) is 0 Å². The molecule has 0 aliphatic heterocycles. The fourth-order valence-electron chi connectivity index (χ4n) is 4.21. The van der Waals surface area contributed by atoms with Crippen LogP contribution in [0.5, 0.6) is 5.75 Å². The summed E-state index contributed by atoms with van der Waals surface area (Å²) in [6, 6.07) is 6.38. The third kappa shape index (κ3) is 5.54. The summed E-state index contributed by atoms with van der Waals surface area (Å²) in [5, 5.41) is 0. The topological polar surface area (TPSA) is 35.0 Å². The summed E-state index contributed by atoms with van der Waals surface area (Å²) in [5.74, 6) is 3.58. The van der Waals surface area contributed by atoms with E-state index in [1.165, 1.54) is 49.7 Å². The van der Waals surface area contributed by atoms with Crippen molar-refractivity contribution < 1.29 is 4.74 Å². The van der Waals surface area contributed by atoms with E-state index in [-0.39, 0.29) is 0 Å². The summed E-state index contributed by atoms with van der Waals surface area (Å²) in [4.78, 5) is 8.97. The molecule has 0 bridgehead atoms. The van der Waals surface area contributed by atoms with E-state index in [0.29, 0.717) is 0 Å². The first-order valence-electron chi connectivity index (χ1n) is 10.7. The SMILES string of the molecule is CCCc1ncc(-c2ccc(OC[C@H]3CC[C@H](CCC)CC3)cc2C)cn1. The zero-order valence-corrected chi connectivity index (χ0v) is 17.2. The molecule has 0 unspecified atom stereocenters. The third-order valence-corrected chi connectivity index (χ3v) is 5.84. The van der Waals surface area contributed by atoms with E-state index in [1.54, 1.807) is 0 Å². The van der Waals surface area contributed by atoms with Crippen LogP contribution in [0.15, 0.2) is 30.6 Å². The summed E-state index contributed by atoms with van der Waals surface area (Å²) in [7, 11) is 0. The molecule has 1 saturated carbocycles. The van der Waals surface area contributed by atoms with Crippen LogP contribution in [-0.2, 0) is 6.42 Å². The highest BCUT2D eigenvalue weighted by molar-refractivity contribution is 5.66. The maximum Gasteiger partial charge on any atom is 0.128 e. The van der Waals surface area contributed by atoms with Crippen molar-refractivity contribution in [2.24, 2.45) is 11.8 Å². The average Bonchev–Trinajstić information content (AvgIpc) is 2.69. The van der Waals surface area contributed by atoms with Gasteiger partial charge in [0.25, 0.3) is 0 Å². The van der Waals surface area contributed by atoms with E-state index in [4.69, 9.17) is 4.74 Å². The molecule has 1 heterocycles. The molecule has 0 spiro atoms. The molecule has 0 amide bonds. The van der Waals surface area contributed by atoms with Gasteiger partial charge in [0, 0.05) is 24.4 Å². The van der Waals surface area contributed by atoms with Gasteiger partial charge in [-0.2, -0.15) is 0 Å². The van der Waals surface area contributed by atoms with Crippen molar-refractivity contribution >= 4 is 0 Å². The fourth-order valence-corrected chi connectivity index (χ4v) is 4.21. The molecule has 1 aromatic heterocycles.